The van der Waals surface area contributed by atoms with Gasteiger partial charge in [-0.25, -0.2) is 0 Å². The number of benzene rings is 1. The van der Waals surface area contributed by atoms with Gasteiger partial charge < -0.3 is 24.4 Å². The molecule has 2 heterocycles. The highest BCUT2D eigenvalue weighted by Crippen LogP contribution is 2.32. The maximum atomic E-state index is 12.7. The van der Waals surface area contributed by atoms with Crippen LogP contribution in [0.3, 0.4) is 0 Å². The van der Waals surface area contributed by atoms with Crippen LogP contribution in [0.5, 0.6) is 11.5 Å². The summed E-state index contributed by atoms with van der Waals surface area (Å²) in [5.74, 6) is 1.58. The molecule has 1 saturated heterocycles. The summed E-state index contributed by atoms with van der Waals surface area (Å²) >= 11 is 0. The van der Waals surface area contributed by atoms with Crippen molar-refractivity contribution < 1.29 is 19.0 Å². The highest BCUT2D eigenvalue weighted by atomic mass is 16.7. The van der Waals surface area contributed by atoms with Crippen molar-refractivity contribution in [1.29, 1.82) is 0 Å². The van der Waals surface area contributed by atoms with Crippen LogP contribution in [0.1, 0.15) is 19.4 Å². The number of fused-ring (bicyclic) bond motifs is 1. The molecule has 22 heavy (non-hydrogen) atoms. The fourth-order valence-electron chi connectivity index (χ4n) is 2.81. The molecule has 0 saturated carbocycles. The zero-order valence-corrected chi connectivity index (χ0v) is 13.0. The van der Waals surface area contributed by atoms with Gasteiger partial charge in [-0.2, -0.15) is 0 Å². The Balaban J connectivity index is 1.69. The molecule has 120 valence electrons. The van der Waals surface area contributed by atoms with E-state index < -0.39 is 0 Å². The van der Waals surface area contributed by atoms with Gasteiger partial charge in [-0.05, 0) is 31.5 Å². The second-order valence-electron chi connectivity index (χ2n) is 5.55. The normalized spacial score (nSPS) is 23.4. The fraction of sp³-hybridized carbons (Fsp3) is 0.562. The van der Waals surface area contributed by atoms with Crippen LogP contribution in [0, 0.1) is 0 Å². The van der Waals surface area contributed by atoms with Crippen molar-refractivity contribution in [2.75, 3.05) is 26.5 Å². The van der Waals surface area contributed by atoms with Crippen molar-refractivity contribution in [2.45, 2.75) is 32.5 Å². The lowest BCUT2D eigenvalue weighted by Crippen LogP contribution is -2.56. The quantitative estimate of drug-likeness (QED) is 0.904. The molecular weight excluding hydrogens is 284 g/mol. The predicted molar refractivity (Wildman–Crippen MR) is 80.9 cm³/mol. The van der Waals surface area contributed by atoms with Crippen molar-refractivity contribution in [2.24, 2.45) is 0 Å². The molecule has 0 bridgehead atoms. The minimum Gasteiger partial charge on any atom is -0.454 e. The van der Waals surface area contributed by atoms with E-state index in [1.54, 1.807) is 0 Å². The van der Waals surface area contributed by atoms with E-state index in [2.05, 4.69) is 5.32 Å². The number of carbonyl (C=O) groups is 1. The van der Waals surface area contributed by atoms with Gasteiger partial charge in [-0.3, -0.25) is 4.79 Å². The Morgan fingerprint density at radius 1 is 1.36 bits per heavy atom. The lowest BCUT2D eigenvalue weighted by Gasteiger charge is -2.33. The molecule has 3 rings (SSSR count). The van der Waals surface area contributed by atoms with Crippen LogP contribution in [0.4, 0.5) is 0 Å². The highest BCUT2D eigenvalue weighted by molar-refractivity contribution is 5.82. The zero-order chi connectivity index (χ0) is 15.5. The van der Waals surface area contributed by atoms with Crippen LogP contribution in [-0.4, -0.2) is 49.4 Å². The lowest BCUT2D eigenvalue weighted by atomic mass is 10.1. The van der Waals surface area contributed by atoms with Gasteiger partial charge >= 0.3 is 0 Å². The maximum Gasteiger partial charge on any atom is 0.242 e. The molecule has 0 aromatic heterocycles. The monoisotopic (exact) mass is 306 g/mol. The average Bonchev–Trinajstić information content (AvgIpc) is 3.00. The summed E-state index contributed by atoms with van der Waals surface area (Å²) in [6, 6.07) is 5.52. The van der Waals surface area contributed by atoms with Crippen molar-refractivity contribution >= 4 is 5.91 Å². The molecule has 0 spiro atoms. The van der Waals surface area contributed by atoms with Crippen LogP contribution in [0.15, 0.2) is 18.2 Å². The van der Waals surface area contributed by atoms with Crippen molar-refractivity contribution in [1.82, 2.24) is 10.2 Å². The average molecular weight is 306 g/mol. The van der Waals surface area contributed by atoms with Crippen LogP contribution in [-0.2, 0) is 16.1 Å². The first-order valence-corrected chi connectivity index (χ1v) is 7.71. The van der Waals surface area contributed by atoms with E-state index >= 15 is 0 Å². The Bertz CT molecular complexity index is 549. The van der Waals surface area contributed by atoms with Gasteiger partial charge in [0.25, 0.3) is 0 Å². The number of ether oxygens (including phenoxy) is 3. The molecule has 0 unspecified atom stereocenters. The van der Waals surface area contributed by atoms with Crippen molar-refractivity contribution in [3.8, 4) is 11.5 Å². The van der Waals surface area contributed by atoms with Gasteiger partial charge in [-0.15, -0.1) is 0 Å². The number of hydrogen-bond acceptors (Lipinski definition) is 5. The van der Waals surface area contributed by atoms with E-state index in [1.807, 2.05) is 36.9 Å². The molecule has 1 aromatic rings. The number of morpholine rings is 1. The summed E-state index contributed by atoms with van der Waals surface area (Å²) in [6.45, 7) is 6.75. The minimum absolute atomic E-state index is 0.0763. The van der Waals surface area contributed by atoms with Crippen LogP contribution in [0.2, 0.25) is 0 Å². The molecule has 2 aliphatic heterocycles. The molecule has 1 amide bonds. The van der Waals surface area contributed by atoms with Crippen LogP contribution >= 0.6 is 0 Å². The molecule has 0 radical (unpaired) electrons. The number of hydrogen-bond donors (Lipinski definition) is 1. The second kappa shape index (κ2) is 6.54. The Hall–Kier alpha value is -1.79. The molecule has 1 N–H and O–H groups in total. The smallest absolute Gasteiger partial charge is 0.242 e. The van der Waals surface area contributed by atoms with Crippen LogP contribution in [0.25, 0.3) is 0 Å². The molecule has 6 nitrogen and oxygen atoms in total. The molecular formula is C16H22N2O4. The van der Waals surface area contributed by atoms with Gasteiger partial charge in [0.1, 0.15) is 6.04 Å². The first-order chi connectivity index (χ1) is 10.7. The molecule has 1 fully saturated rings. The zero-order valence-electron chi connectivity index (χ0n) is 13.0. The Kier molecular flexibility index (Phi) is 4.49. The van der Waals surface area contributed by atoms with E-state index in [-0.39, 0.29) is 24.8 Å². The van der Waals surface area contributed by atoms with Gasteiger partial charge in [0.2, 0.25) is 12.7 Å². The molecule has 2 atom stereocenters. The van der Waals surface area contributed by atoms with Gasteiger partial charge in [-0.1, -0.05) is 6.07 Å². The summed E-state index contributed by atoms with van der Waals surface area (Å²) in [4.78, 5) is 14.5. The highest BCUT2D eigenvalue weighted by Gasteiger charge is 2.31. The SMILES string of the molecule is CCN(Cc1ccc2c(c1)OCO2)C(=O)[C@H]1NCCO[C@@H]1C. The Morgan fingerprint density at radius 2 is 2.18 bits per heavy atom. The third kappa shape index (κ3) is 3.03. The predicted octanol–water partition coefficient (Wildman–Crippen LogP) is 1.14. The molecule has 0 aliphatic carbocycles. The van der Waals surface area contributed by atoms with Crippen molar-refractivity contribution in [3.05, 3.63) is 23.8 Å². The number of amides is 1. The number of nitrogens with one attached hydrogen (secondary N) is 1. The molecule has 2 aliphatic rings. The number of rotatable bonds is 4. The first kappa shape index (κ1) is 15.1. The van der Waals surface area contributed by atoms with Crippen LogP contribution < -0.4 is 14.8 Å². The molecule has 6 heteroatoms. The van der Waals surface area contributed by atoms with Gasteiger partial charge in [0, 0.05) is 19.6 Å². The van der Waals surface area contributed by atoms with E-state index in [4.69, 9.17) is 14.2 Å². The van der Waals surface area contributed by atoms with Crippen molar-refractivity contribution in [3.63, 3.8) is 0 Å². The van der Waals surface area contributed by atoms with E-state index in [9.17, 15) is 4.79 Å². The first-order valence-electron chi connectivity index (χ1n) is 7.71. The van der Waals surface area contributed by atoms with Gasteiger partial charge in [0.05, 0.1) is 12.7 Å². The largest absolute Gasteiger partial charge is 0.454 e. The summed E-state index contributed by atoms with van der Waals surface area (Å²) < 4.78 is 16.3. The Morgan fingerprint density at radius 3 is 2.95 bits per heavy atom. The molecule has 1 aromatic carbocycles. The summed E-state index contributed by atoms with van der Waals surface area (Å²) in [5, 5.41) is 3.25. The maximum absolute atomic E-state index is 12.7. The number of nitrogens with zero attached hydrogens (tertiary/aromatic N) is 1. The Labute approximate surface area is 130 Å². The second-order valence-corrected chi connectivity index (χ2v) is 5.55. The summed E-state index contributed by atoms with van der Waals surface area (Å²) in [5.41, 5.74) is 1.03. The van der Waals surface area contributed by atoms with E-state index in [0.717, 1.165) is 17.1 Å². The topological polar surface area (TPSA) is 60.0 Å². The fourth-order valence-corrected chi connectivity index (χ4v) is 2.81. The minimum atomic E-state index is -0.275. The summed E-state index contributed by atoms with van der Waals surface area (Å²) in [7, 11) is 0. The number of likely N-dealkylation sites (N-methyl/N-ethyl adjacent to an activating group) is 1. The van der Waals surface area contributed by atoms with Gasteiger partial charge in [0.15, 0.2) is 11.5 Å². The lowest BCUT2D eigenvalue weighted by molar-refractivity contribution is -0.139. The van der Waals surface area contributed by atoms with E-state index in [1.165, 1.54) is 0 Å². The number of carbonyl (C=O) groups excluding carboxylic acids is 1. The summed E-state index contributed by atoms with van der Waals surface area (Å²) in [6.07, 6.45) is -0.105. The third-order valence-corrected chi connectivity index (χ3v) is 4.09. The standard InChI is InChI=1S/C16H22N2O4/c1-3-18(16(19)15-11(2)20-7-6-17-15)9-12-4-5-13-14(8-12)22-10-21-13/h4-5,8,11,15,17H,3,6-7,9-10H2,1-2H3/t11-,15+/m1/s1. The van der Waals surface area contributed by atoms with E-state index in [0.29, 0.717) is 26.2 Å². The third-order valence-electron chi connectivity index (χ3n) is 4.09.